The van der Waals surface area contributed by atoms with Crippen molar-refractivity contribution in [1.82, 2.24) is 4.31 Å². The average molecular weight is 403 g/mol. The number of aryl methyl sites for hydroxylation is 1. The lowest BCUT2D eigenvalue weighted by Crippen LogP contribution is -2.35. The maximum Gasteiger partial charge on any atom is 0.243 e. The van der Waals surface area contributed by atoms with Crippen molar-refractivity contribution >= 4 is 21.6 Å². The molecule has 1 aliphatic heterocycles. The van der Waals surface area contributed by atoms with Crippen molar-refractivity contribution in [1.29, 1.82) is 0 Å². The Labute approximate surface area is 166 Å². The molecule has 1 aliphatic rings. The van der Waals surface area contributed by atoms with Crippen LogP contribution in [0.5, 0.6) is 5.75 Å². The predicted octanol–water partition coefficient (Wildman–Crippen LogP) is 3.44. The van der Waals surface area contributed by atoms with Crippen molar-refractivity contribution in [2.75, 3.05) is 25.5 Å². The first-order chi connectivity index (χ1) is 13.5. The van der Waals surface area contributed by atoms with Crippen LogP contribution in [0.2, 0.25) is 0 Å². The zero-order valence-corrected chi connectivity index (χ0v) is 16.9. The molecule has 1 saturated heterocycles. The van der Waals surface area contributed by atoms with Gasteiger partial charge >= 0.3 is 0 Å². The highest BCUT2D eigenvalue weighted by atomic mass is 32.2. The number of ether oxygens (including phenoxy) is 1. The minimum Gasteiger partial charge on any atom is -0.495 e. The second kappa shape index (κ2) is 9.21. The highest BCUT2D eigenvalue weighted by Crippen LogP contribution is 2.30. The van der Waals surface area contributed by atoms with Crippen molar-refractivity contribution in [3.8, 4) is 5.75 Å². The number of amides is 1. The molecule has 28 heavy (non-hydrogen) atoms. The van der Waals surface area contributed by atoms with Crippen molar-refractivity contribution < 1.29 is 17.9 Å². The van der Waals surface area contributed by atoms with Crippen molar-refractivity contribution in [2.45, 2.75) is 37.0 Å². The number of piperidine rings is 1. The summed E-state index contributed by atoms with van der Waals surface area (Å²) < 4.78 is 32.5. The van der Waals surface area contributed by atoms with E-state index >= 15 is 0 Å². The summed E-state index contributed by atoms with van der Waals surface area (Å²) in [6, 6.07) is 14.4. The Morgan fingerprint density at radius 3 is 2.46 bits per heavy atom. The summed E-state index contributed by atoms with van der Waals surface area (Å²) in [7, 11) is -2.08. The predicted molar refractivity (Wildman–Crippen MR) is 109 cm³/mol. The van der Waals surface area contributed by atoms with Gasteiger partial charge in [0.25, 0.3) is 0 Å². The van der Waals surface area contributed by atoms with Gasteiger partial charge < -0.3 is 10.1 Å². The summed E-state index contributed by atoms with van der Waals surface area (Å²) >= 11 is 0. The molecule has 0 radical (unpaired) electrons. The maximum atomic E-state index is 12.8. The smallest absolute Gasteiger partial charge is 0.243 e. The Morgan fingerprint density at radius 2 is 1.79 bits per heavy atom. The number of methoxy groups -OCH3 is 1. The molecule has 0 saturated carbocycles. The van der Waals surface area contributed by atoms with Crippen LogP contribution in [0.1, 0.15) is 31.2 Å². The molecule has 1 amide bonds. The second-order valence-electron chi connectivity index (χ2n) is 6.86. The molecular weight excluding hydrogens is 376 g/mol. The number of nitrogens with one attached hydrogen (secondary N) is 1. The highest BCUT2D eigenvalue weighted by Gasteiger charge is 2.26. The number of nitrogens with zero attached hydrogens (tertiary/aromatic N) is 1. The van der Waals surface area contributed by atoms with Crippen LogP contribution in [0.15, 0.2) is 53.4 Å². The van der Waals surface area contributed by atoms with E-state index in [4.69, 9.17) is 4.74 Å². The molecule has 0 aromatic heterocycles. The average Bonchev–Trinajstić information content (AvgIpc) is 2.74. The number of anilines is 1. The Hall–Kier alpha value is -2.38. The van der Waals surface area contributed by atoms with Gasteiger partial charge in [0.05, 0.1) is 17.7 Å². The summed E-state index contributed by atoms with van der Waals surface area (Å²) in [5.41, 5.74) is 1.56. The molecule has 0 atom stereocenters. The standard InChI is InChI=1S/C21H26N2O4S/c1-27-20-16-18(28(25,26)23-14-6-3-7-15-23)11-12-19(20)22-21(24)13-10-17-8-4-2-5-9-17/h2,4-5,8-9,11-12,16H,3,6-7,10,13-15H2,1H3,(H,22,24). The summed E-state index contributed by atoms with van der Waals surface area (Å²) in [5, 5.41) is 2.82. The number of sulfonamides is 1. The first-order valence-corrected chi connectivity index (χ1v) is 11.0. The van der Waals surface area contributed by atoms with E-state index in [2.05, 4.69) is 5.32 Å². The Morgan fingerprint density at radius 1 is 1.07 bits per heavy atom. The van der Waals surface area contributed by atoms with Crippen LogP contribution < -0.4 is 10.1 Å². The number of carbonyl (C=O) groups is 1. The fourth-order valence-corrected chi connectivity index (χ4v) is 4.84. The van der Waals surface area contributed by atoms with Gasteiger partial charge in [0, 0.05) is 25.6 Å². The van der Waals surface area contributed by atoms with Crippen LogP contribution in [0.3, 0.4) is 0 Å². The van der Waals surface area contributed by atoms with Gasteiger partial charge in [0.1, 0.15) is 5.75 Å². The van der Waals surface area contributed by atoms with E-state index in [0.29, 0.717) is 37.4 Å². The van der Waals surface area contributed by atoms with E-state index in [1.165, 1.54) is 23.5 Å². The molecular formula is C21H26N2O4S. The van der Waals surface area contributed by atoms with Crippen LogP contribution in [-0.2, 0) is 21.2 Å². The Balaban J connectivity index is 1.69. The van der Waals surface area contributed by atoms with Crippen molar-refractivity contribution in [3.63, 3.8) is 0 Å². The molecule has 0 unspecified atom stereocenters. The van der Waals surface area contributed by atoms with E-state index in [-0.39, 0.29) is 10.8 Å². The molecule has 0 aliphatic carbocycles. The molecule has 2 aromatic carbocycles. The molecule has 7 heteroatoms. The second-order valence-corrected chi connectivity index (χ2v) is 8.80. The number of hydrogen-bond acceptors (Lipinski definition) is 4. The van der Waals surface area contributed by atoms with E-state index in [9.17, 15) is 13.2 Å². The highest BCUT2D eigenvalue weighted by molar-refractivity contribution is 7.89. The maximum absolute atomic E-state index is 12.8. The lowest BCUT2D eigenvalue weighted by molar-refractivity contribution is -0.116. The van der Waals surface area contributed by atoms with E-state index in [0.717, 1.165) is 24.8 Å². The van der Waals surface area contributed by atoms with E-state index in [1.54, 1.807) is 6.07 Å². The van der Waals surface area contributed by atoms with Gasteiger partial charge in [-0.1, -0.05) is 36.8 Å². The van der Waals surface area contributed by atoms with Gasteiger partial charge in [0.2, 0.25) is 15.9 Å². The number of benzene rings is 2. The van der Waals surface area contributed by atoms with Gasteiger partial charge in [-0.05, 0) is 37.0 Å². The zero-order valence-electron chi connectivity index (χ0n) is 16.1. The topological polar surface area (TPSA) is 75.7 Å². The quantitative estimate of drug-likeness (QED) is 0.770. The van der Waals surface area contributed by atoms with Gasteiger partial charge in [-0.2, -0.15) is 4.31 Å². The van der Waals surface area contributed by atoms with E-state index < -0.39 is 10.0 Å². The molecule has 1 N–H and O–H groups in total. The number of hydrogen-bond donors (Lipinski definition) is 1. The molecule has 2 aromatic rings. The molecule has 1 fully saturated rings. The molecule has 150 valence electrons. The molecule has 6 nitrogen and oxygen atoms in total. The normalized spacial score (nSPS) is 15.2. The lowest BCUT2D eigenvalue weighted by Gasteiger charge is -2.26. The summed E-state index contributed by atoms with van der Waals surface area (Å²) in [4.78, 5) is 12.5. The third-order valence-electron chi connectivity index (χ3n) is 4.88. The van der Waals surface area contributed by atoms with Gasteiger partial charge in [0.15, 0.2) is 0 Å². The third kappa shape index (κ3) is 4.91. The van der Waals surface area contributed by atoms with Gasteiger partial charge in [-0.3, -0.25) is 4.79 Å². The van der Waals surface area contributed by atoms with Gasteiger partial charge in [-0.15, -0.1) is 0 Å². The first kappa shape index (κ1) is 20.4. The first-order valence-electron chi connectivity index (χ1n) is 9.52. The van der Waals surface area contributed by atoms with Crippen LogP contribution in [0.25, 0.3) is 0 Å². The minimum absolute atomic E-state index is 0.145. The van der Waals surface area contributed by atoms with Gasteiger partial charge in [-0.25, -0.2) is 8.42 Å². The van der Waals surface area contributed by atoms with E-state index in [1.807, 2.05) is 30.3 Å². The van der Waals surface area contributed by atoms with Crippen LogP contribution in [0, 0.1) is 0 Å². The third-order valence-corrected chi connectivity index (χ3v) is 6.78. The SMILES string of the molecule is COc1cc(S(=O)(=O)N2CCCCC2)ccc1NC(=O)CCc1ccccc1. The molecule has 3 rings (SSSR count). The largest absolute Gasteiger partial charge is 0.495 e. The fraction of sp³-hybridized carbons (Fsp3) is 0.381. The number of carbonyl (C=O) groups excluding carboxylic acids is 1. The minimum atomic E-state index is -3.55. The molecule has 0 spiro atoms. The summed E-state index contributed by atoms with van der Waals surface area (Å²) in [6.45, 7) is 1.09. The summed E-state index contributed by atoms with van der Waals surface area (Å²) in [5.74, 6) is 0.194. The van der Waals surface area contributed by atoms with Crippen LogP contribution in [0.4, 0.5) is 5.69 Å². The number of rotatable bonds is 7. The molecule has 0 bridgehead atoms. The zero-order chi connectivity index (χ0) is 20.0. The molecule has 1 heterocycles. The van der Waals surface area contributed by atoms with Crippen molar-refractivity contribution in [3.05, 3.63) is 54.1 Å². The fourth-order valence-electron chi connectivity index (χ4n) is 3.30. The van der Waals surface area contributed by atoms with Crippen LogP contribution >= 0.6 is 0 Å². The monoisotopic (exact) mass is 402 g/mol. The Bertz CT molecular complexity index is 907. The van der Waals surface area contributed by atoms with Crippen LogP contribution in [-0.4, -0.2) is 38.8 Å². The Kier molecular flexibility index (Phi) is 6.70. The lowest BCUT2D eigenvalue weighted by atomic mass is 10.1. The van der Waals surface area contributed by atoms with Crippen molar-refractivity contribution in [2.24, 2.45) is 0 Å². The summed E-state index contributed by atoms with van der Waals surface area (Å²) in [6.07, 6.45) is 3.79.